The van der Waals surface area contributed by atoms with Crippen molar-refractivity contribution in [3.05, 3.63) is 65.5 Å². The van der Waals surface area contributed by atoms with Gasteiger partial charge in [-0.3, -0.25) is 0 Å². The van der Waals surface area contributed by atoms with Gasteiger partial charge in [-0.05, 0) is 55.2 Å². The third-order valence-corrected chi connectivity index (χ3v) is 4.07. The fourth-order valence-electron chi connectivity index (χ4n) is 3.08. The minimum atomic E-state index is -0.732. The van der Waals surface area contributed by atoms with Crippen LogP contribution in [0.1, 0.15) is 35.5 Å². The molecule has 4 heteroatoms. The molecular weight excluding hydrogens is 298 g/mol. The third kappa shape index (κ3) is 2.82. The quantitative estimate of drug-likeness (QED) is 0.709. The lowest BCUT2D eigenvalue weighted by atomic mass is 9.89. The van der Waals surface area contributed by atoms with E-state index in [0.29, 0.717) is 17.5 Å². The Morgan fingerprint density at radius 3 is 2.83 bits per heavy atom. The fraction of sp³-hybridized carbons (Fsp3) is 0.200. The molecule has 3 rings (SSSR count). The summed E-state index contributed by atoms with van der Waals surface area (Å²) in [6, 6.07) is 12.0. The van der Waals surface area contributed by atoms with Crippen LogP contribution in [0.5, 0.6) is 0 Å². The van der Waals surface area contributed by atoms with Gasteiger partial charge in [-0.1, -0.05) is 18.2 Å². The maximum atomic E-state index is 10.2. The van der Waals surface area contributed by atoms with E-state index in [1.165, 1.54) is 0 Å². The summed E-state index contributed by atoms with van der Waals surface area (Å²) in [5.41, 5.74) is 5.79. The predicted molar refractivity (Wildman–Crippen MR) is 95.5 cm³/mol. The highest BCUT2D eigenvalue weighted by Crippen LogP contribution is 2.34. The topological polar surface area (TPSA) is 72.7 Å². The van der Waals surface area contributed by atoms with E-state index in [0.717, 1.165) is 33.5 Å². The molecule has 4 nitrogen and oxygen atoms in total. The number of benzene rings is 2. The first kappa shape index (κ1) is 16.0. The minimum Gasteiger partial charge on any atom is -0.389 e. The molecule has 3 aromatic rings. The second kappa shape index (κ2) is 6.31. The van der Waals surface area contributed by atoms with Gasteiger partial charge in [-0.25, -0.2) is 4.98 Å². The number of hydrogen-bond donors (Lipinski definition) is 2. The number of aromatic amines is 1. The number of fused-ring (bicyclic) bond motifs is 1. The highest BCUT2D eigenvalue weighted by atomic mass is 16.3. The van der Waals surface area contributed by atoms with Crippen LogP contribution < -0.4 is 0 Å². The van der Waals surface area contributed by atoms with Gasteiger partial charge in [0.25, 0.3) is 0 Å². The lowest BCUT2D eigenvalue weighted by Crippen LogP contribution is -2.01. The summed E-state index contributed by atoms with van der Waals surface area (Å²) in [6.45, 7) is 7.37. The Morgan fingerprint density at radius 2 is 2.17 bits per heavy atom. The first-order chi connectivity index (χ1) is 11.5. The molecule has 1 aromatic heterocycles. The van der Waals surface area contributed by atoms with Crippen molar-refractivity contribution in [2.75, 3.05) is 0 Å². The van der Waals surface area contributed by atoms with Crippen LogP contribution in [0.15, 0.2) is 43.0 Å². The Morgan fingerprint density at radius 1 is 1.38 bits per heavy atom. The van der Waals surface area contributed by atoms with Crippen LogP contribution in [0.3, 0.4) is 0 Å². The number of nitrogens with one attached hydrogen (secondary N) is 1. The molecule has 0 aliphatic carbocycles. The number of aliphatic hydroxyl groups is 1. The molecule has 2 aromatic carbocycles. The predicted octanol–water partition coefficient (Wildman–Crippen LogP) is 4.19. The number of H-pyrrole nitrogens is 1. The van der Waals surface area contributed by atoms with E-state index < -0.39 is 6.10 Å². The Kier molecular flexibility index (Phi) is 4.20. The van der Waals surface area contributed by atoms with E-state index in [1.54, 1.807) is 6.92 Å². The number of nitrogens with zero attached hydrogens (tertiary/aromatic N) is 2. The molecule has 0 saturated heterocycles. The van der Waals surface area contributed by atoms with E-state index in [-0.39, 0.29) is 0 Å². The van der Waals surface area contributed by atoms with Crippen LogP contribution in [0.2, 0.25) is 0 Å². The second-order valence-corrected chi connectivity index (χ2v) is 5.94. The van der Waals surface area contributed by atoms with Gasteiger partial charge in [0.15, 0.2) is 0 Å². The summed E-state index contributed by atoms with van der Waals surface area (Å²) < 4.78 is 0. The van der Waals surface area contributed by atoms with Gasteiger partial charge in [0.1, 0.15) is 5.82 Å². The van der Waals surface area contributed by atoms with Crippen LogP contribution in [-0.2, 0) is 6.42 Å². The molecule has 24 heavy (non-hydrogen) atoms. The van der Waals surface area contributed by atoms with E-state index in [2.05, 4.69) is 22.6 Å². The van der Waals surface area contributed by atoms with Crippen molar-refractivity contribution in [3.63, 3.8) is 0 Å². The largest absolute Gasteiger partial charge is 0.389 e. The summed E-state index contributed by atoms with van der Waals surface area (Å²) in [5.74, 6) is 0.857. The number of nitriles is 1. The van der Waals surface area contributed by atoms with Crippen molar-refractivity contribution in [2.24, 2.45) is 0 Å². The molecule has 1 unspecified atom stereocenters. The van der Waals surface area contributed by atoms with Crippen LogP contribution in [0.25, 0.3) is 22.2 Å². The summed E-state index contributed by atoms with van der Waals surface area (Å²) in [6.07, 6.45) is 1.75. The number of aliphatic hydroxyl groups excluding tert-OH is 1. The lowest BCUT2D eigenvalue weighted by molar-refractivity contribution is 0.199. The zero-order chi connectivity index (χ0) is 17.3. The number of hydrogen-bond acceptors (Lipinski definition) is 3. The maximum absolute atomic E-state index is 10.2. The van der Waals surface area contributed by atoms with Crippen molar-refractivity contribution < 1.29 is 5.11 Å². The van der Waals surface area contributed by atoms with Crippen molar-refractivity contribution >= 4 is 11.0 Å². The molecule has 1 atom stereocenters. The second-order valence-electron chi connectivity index (χ2n) is 5.94. The van der Waals surface area contributed by atoms with Gasteiger partial charge in [-0.15, -0.1) is 6.58 Å². The highest BCUT2D eigenvalue weighted by molar-refractivity contribution is 5.83. The van der Waals surface area contributed by atoms with Gasteiger partial charge >= 0.3 is 0 Å². The average molecular weight is 317 g/mol. The summed E-state index contributed by atoms with van der Waals surface area (Å²) in [7, 11) is 0. The zero-order valence-electron chi connectivity index (χ0n) is 13.8. The highest BCUT2D eigenvalue weighted by Gasteiger charge is 2.17. The molecule has 2 N–H and O–H groups in total. The van der Waals surface area contributed by atoms with Gasteiger partial charge in [-0.2, -0.15) is 5.26 Å². The van der Waals surface area contributed by atoms with Crippen molar-refractivity contribution in [3.8, 4) is 17.2 Å². The Hall–Kier alpha value is -2.90. The monoisotopic (exact) mass is 317 g/mol. The lowest BCUT2D eigenvalue weighted by Gasteiger charge is -2.16. The molecule has 0 amide bonds. The molecule has 0 bridgehead atoms. The van der Waals surface area contributed by atoms with Gasteiger partial charge in [0.2, 0.25) is 0 Å². The standard InChI is InChI=1S/C20H19N3O/c1-4-5-14-8-16(11-21)20(12(2)24)17(9-14)15-6-7-18-19(10-15)23-13(3)22-18/h4,6-10,12,24H,1,5H2,2-3H3,(H,22,23). The molecular formula is C20H19N3O. The van der Waals surface area contributed by atoms with E-state index in [4.69, 9.17) is 0 Å². The molecule has 0 radical (unpaired) electrons. The van der Waals surface area contributed by atoms with Crippen molar-refractivity contribution in [1.29, 1.82) is 5.26 Å². The zero-order valence-corrected chi connectivity index (χ0v) is 13.8. The van der Waals surface area contributed by atoms with Crippen LogP contribution in [-0.4, -0.2) is 15.1 Å². The van der Waals surface area contributed by atoms with E-state index in [1.807, 2.05) is 43.3 Å². The number of aryl methyl sites for hydroxylation is 1. The normalized spacial score (nSPS) is 12.1. The molecule has 0 aliphatic rings. The average Bonchev–Trinajstić information content (AvgIpc) is 2.93. The maximum Gasteiger partial charge on any atom is 0.104 e. The molecule has 0 aliphatic heterocycles. The van der Waals surface area contributed by atoms with E-state index in [9.17, 15) is 10.4 Å². The van der Waals surface area contributed by atoms with Crippen LogP contribution in [0.4, 0.5) is 0 Å². The Bertz CT molecular complexity index is 961. The first-order valence-electron chi connectivity index (χ1n) is 7.86. The molecule has 120 valence electrons. The van der Waals surface area contributed by atoms with Crippen molar-refractivity contribution in [1.82, 2.24) is 9.97 Å². The van der Waals surface area contributed by atoms with Gasteiger partial charge < -0.3 is 10.1 Å². The number of rotatable bonds is 4. The Balaban J connectivity index is 2.28. The van der Waals surface area contributed by atoms with Gasteiger partial charge in [0, 0.05) is 5.56 Å². The summed E-state index contributed by atoms with van der Waals surface area (Å²) in [5, 5.41) is 19.7. The minimum absolute atomic E-state index is 0.498. The van der Waals surface area contributed by atoms with Crippen molar-refractivity contribution in [2.45, 2.75) is 26.4 Å². The summed E-state index contributed by atoms with van der Waals surface area (Å²) >= 11 is 0. The molecule has 0 spiro atoms. The van der Waals surface area contributed by atoms with E-state index >= 15 is 0 Å². The molecule has 0 saturated carbocycles. The number of aromatic nitrogens is 2. The first-order valence-corrected chi connectivity index (χ1v) is 7.86. The Labute approximate surface area is 141 Å². The number of allylic oxidation sites excluding steroid dienone is 1. The fourth-order valence-corrected chi connectivity index (χ4v) is 3.08. The summed E-state index contributed by atoms with van der Waals surface area (Å²) in [4.78, 5) is 7.68. The molecule has 1 heterocycles. The third-order valence-electron chi connectivity index (χ3n) is 4.07. The molecule has 0 fully saturated rings. The van der Waals surface area contributed by atoms with Crippen LogP contribution >= 0.6 is 0 Å². The number of imidazole rings is 1. The van der Waals surface area contributed by atoms with Gasteiger partial charge in [0.05, 0.1) is 28.8 Å². The SMILES string of the molecule is C=CCc1cc(C#N)c(C(C)O)c(-c2ccc3[nH]c(C)nc3c2)c1. The smallest absolute Gasteiger partial charge is 0.104 e. The van der Waals surface area contributed by atoms with Crippen LogP contribution in [0, 0.1) is 18.3 Å².